The summed E-state index contributed by atoms with van der Waals surface area (Å²) in [5.74, 6) is -1.11. The van der Waals surface area contributed by atoms with E-state index in [4.69, 9.17) is 9.15 Å². The van der Waals surface area contributed by atoms with Crippen molar-refractivity contribution in [3.8, 4) is 0 Å². The quantitative estimate of drug-likeness (QED) is 0.661. The zero-order valence-electron chi connectivity index (χ0n) is 14.7. The van der Waals surface area contributed by atoms with Crippen LogP contribution >= 0.6 is 0 Å². The molecule has 0 saturated carbocycles. The lowest BCUT2D eigenvalue weighted by molar-refractivity contribution is -0.123. The molecule has 0 aliphatic rings. The van der Waals surface area contributed by atoms with Crippen LogP contribution in [0.3, 0.4) is 0 Å². The zero-order chi connectivity index (χ0) is 18.6. The number of ketones is 1. The Morgan fingerprint density at radius 1 is 1.08 bits per heavy atom. The van der Waals surface area contributed by atoms with Crippen LogP contribution in [0.2, 0.25) is 0 Å². The number of rotatable bonds is 5. The number of Topliss-reactive ketones (excluding diaryl/α,β-unsaturated/α-hetero) is 1. The molecule has 0 aliphatic carbocycles. The highest BCUT2D eigenvalue weighted by Gasteiger charge is 2.23. The molecule has 0 fully saturated rings. The Balaban J connectivity index is 2.00. The summed E-state index contributed by atoms with van der Waals surface area (Å²) in [6.45, 7) is 6.94. The molecule has 1 unspecified atom stereocenters. The monoisotopic (exact) mass is 343 g/mol. The Labute approximate surface area is 146 Å². The van der Waals surface area contributed by atoms with E-state index in [9.17, 15) is 14.4 Å². The second kappa shape index (κ2) is 7.34. The van der Waals surface area contributed by atoms with Crippen molar-refractivity contribution in [3.05, 3.63) is 54.0 Å². The standard InChI is InChI=1S/C19H21NO5/c1-12(25-17(22)15-6-5-11-24-15)16(21)13-7-9-14(10-8-13)20-18(23)19(2,3)4/h5-12H,1-4H3,(H,20,23). The van der Waals surface area contributed by atoms with Gasteiger partial charge in [0, 0.05) is 16.7 Å². The Bertz CT molecular complexity index is 754. The Morgan fingerprint density at radius 3 is 2.24 bits per heavy atom. The molecule has 0 aliphatic heterocycles. The number of carbonyl (C=O) groups excluding carboxylic acids is 3. The molecule has 6 nitrogen and oxygen atoms in total. The second-order valence-corrected chi connectivity index (χ2v) is 6.67. The van der Waals surface area contributed by atoms with Gasteiger partial charge in [0.1, 0.15) is 0 Å². The van der Waals surface area contributed by atoms with Crippen molar-refractivity contribution < 1.29 is 23.5 Å². The van der Waals surface area contributed by atoms with E-state index in [1.165, 1.54) is 19.3 Å². The van der Waals surface area contributed by atoms with Crippen LogP contribution in [0.1, 0.15) is 48.6 Å². The molecule has 0 radical (unpaired) electrons. The number of hydrogen-bond acceptors (Lipinski definition) is 5. The van der Waals surface area contributed by atoms with Crippen LogP contribution in [-0.2, 0) is 9.53 Å². The van der Waals surface area contributed by atoms with E-state index in [0.717, 1.165) is 0 Å². The number of carbonyl (C=O) groups is 3. The van der Waals surface area contributed by atoms with E-state index in [-0.39, 0.29) is 17.5 Å². The van der Waals surface area contributed by atoms with Gasteiger partial charge in [-0.2, -0.15) is 0 Å². The lowest BCUT2D eigenvalue weighted by Gasteiger charge is -2.18. The van der Waals surface area contributed by atoms with Gasteiger partial charge in [0.2, 0.25) is 17.5 Å². The van der Waals surface area contributed by atoms with Gasteiger partial charge < -0.3 is 14.5 Å². The van der Waals surface area contributed by atoms with Gasteiger partial charge in [0.05, 0.1) is 6.26 Å². The number of esters is 1. The third kappa shape index (κ3) is 4.79. The average molecular weight is 343 g/mol. The van der Waals surface area contributed by atoms with Crippen molar-refractivity contribution >= 4 is 23.3 Å². The van der Waals surface area contributed by atoms with Gasteiger partial charge in [0.25, 0.3) is 0 Å². The van der Waals surface area contributed by atoms with Gasteiger partial charge in [-0.15, -0.1) is 0 Å². The van der Waals surface area contributed by atoms with Crippen molar-refractivity contribution in [3.63, 3.8) is 0 Å². The van der Waals surface area contributed by atoms with Crippen molar-refractivity contribution in [2.24, 2.45) is 5.41 Å². The van der Waals surface area contributed by atoms with E-state index >= 15 is 0 Å². The maximum absolute atomic E-state index is 12.3. The van der Waals surface area contributed by atoms with Crippen LogP contribution in [-0.4, -0.2) is 23.8 Å². The van der Waals surface area contributed by atoms with E-state index in [0.29, 0.717) is 11.3 Å². The molecular formula is C19H21NO5. The fourth-order valence-electron chi connectivity index (χ4n) is 1.94. The first-order chi connectivity index (χ1) is 11.7. The fraction of sp³-hybridized carbons (Fsp3) is 0.316. The molecule has 1 amide bonds. The Morgan fingerprint density at radius 2 is 1.72 bits per heavy atom. The molecule has 6 heteroatoms. The second-order valence-electron chi connectivity index (χ2n) is 6.67. The largest absolute Gasteiger partial charge is 0.457 e. The highest BCUT2D eigenvalue weighted by molar-refractivity contribution is 6.01. The molecule has 1 heterocycles. The number of anilines is 1. The van der Waals surface area contributed by atoms with Gasteiger partial charge in [-0.05, 0) is 43.3 Å². The molecule has 1 N–H and O–H groups in total. The number of hydrogen-bond donors (Lipinski definition) is 1. The molecule has 25 heavy (non-hydrogen) atoms. The summed E-state index contributed by atoms with van der Waals surface area (Å²) in [6.07, 6.45) is 0.404. The number of amides is 1. The normalized spacial score (nSPS) is 12.3. The summed E-state index contributed by atoms with van der Waals surface area (Å²) in [5.41, 5.74) is 0.466. The van der Waals surface area contributed by atoms with E-state index < -0.39 is 17.5 Å². The third-order valence-corrected chi connectivity index (χ3v) is 3.48. The third-order valence-electron chi connectivity index (χ3n) is 3.48. The van der Waals surface area contributed by atoms with Gasteiger partial charge in [-0.1, -0.05) is 20.8 Å². The van der Waals surface area contributed by atoms with Crippen LogP contribution in [0.4, 0.5) is 5.69 Å². The maximum atomic E-state index is 12.3. The zero-order valence-corrected chi connectivity index (χ0v) is 14.7. The molecule has 2 rings (SSSR count). The summed E-state index contributed by atoms with van der Waals surface area (Å²) in [5, 5.41) is 2.78. The smallest absolute Gasteiger partial charge is 0.374 e. The molecule has 1 aromatic heterocycles. The lowest BCUT2D eigenvalue weighted by Crippen LogP contribution is -2.27. The van der Waals surface area contributed by atoms with E-state index in [2.05, 4.69) is 5.32 Å². The molecule has 0 saturated heterocycles. The van der Waals surface area contributed by atoms with Gasteiger partial charge >= 0.3 is 5.97 Å². The molecule has 132 valence electrons. The Hall–Kier alpha value is -2.89. The van der Waals surface area contributed by atoms with Crippen molar-refractivity contribution in [2.45, 2.75) is 33.8 Å². The predicted molar refractivity (Wildman–Crippen MR) is 92.4 cm³/mol. The van der Waals surface area contributed by atoms with Crippen molar-refractivity contribution in [2.75, 3.05) is 5.32 Å². The summed E-state index contributed by atoms with van der Waals surface area (Å²) in [7, 11) is 0. The highest BCUT2D eigenvalue weighted by Crippen LogP contribution is 2.18. The number of furan rings is 1. The van der Waals surface area contributed by atoms with Crippen LogP contribution in [0.15, 0.2) is 47.1 Å². The average Bonchev–Trinajstić information content (AvgIpc) is 3.08. The fourth-order valence-corrected chi connectivity index (χ4v) is 1.94. The lowest BCUT2D eigenvalue weighted by atomic mass is 9.95. The minimum Gasteiger partial charge on any atom is -0.457 e. The van der Waals surface area contributed by atoms with E-state index in [1.54, 1.807) is 30.3 Å². The van der Waals surface area contributed by atoms with Crippen molar-refractivity contribution in [1.82, 2.24) is 0 Å². The first kappa shape index (κ1) is 18.4. The van der Waals surface area contributed by atoms with Gasteiger partial charge in [0.15, 0.2) is 6.10 Å². The minimum atomic E-state index is -0.951. The van der Waals surface area contributed by atoms with Crippen LogP contribution in [0.5, 0.6) is 0 Å². The molecule has 0 spiro atoms. The summed E-state index contributed by atoms with van der Waals surface area (Å²) in [4.78, 5) is 36.1. The summed E-state index contributed by atoms with van der Waals surface area (Å²) >= 11 is 0. The minimum absolute atomic E-state index is 0.0416. The topological polar surface area (TPSA) is 85.6 Å². The number of benzene rings is 1. The molecular weight excluding hydrogens is 322 g/mol. The number of ether oxygens (including phenoxy) is 1. The molecule has 1 atom stereocenters. The highest BCUT2D eigenvalue weighted by atomic mass is 16.6. The van der Waals surface area contributed by atoms with Crippen molar-refractivity contribution in [1.29, 1.82) is 0 Å². The molecule has 1 aromatic carbocycles. The molecule has 0 bridgehead atoms. The summed E-state index contributed by atoms with van der Waals surface area (Å²) in [6, 6.07) is 9.46. The predicted octanol–water partition coefficient (Wildman–Crippen LogP) is 3.69. The first-order valence-electron chi connectivity index (χ1n) is 7.88. The van der Waals surface area contributed by atoms with Gasteiger partial charge in [-0.3, -0.25) is 9.59 Å². The van der Waals surface area contributed by atoms with Crippen LogP contribution in [0, 0.1) is 5.41 Å². The molecule has 2 aromatic rings. The van der Waals surface area contributed by atoms with Gasteiger partial charge in [-0.25, -0.2) is 4.79 Å². The summed E-state index contributed by atoms with van der Waals surface area (Å²) < 4.78 is 10.0. The first-order valence-corrected chi connectivity index (χ1v) is 7.88. The van der Waals surface area contributed by atoms with Crippen LogP contribution < -0.4 is 5.32 Å². The van der Waals surface area contributed by atoms with E-state index in [1.807, 2.05) is 20.8 Å². The number of nitrogens with one attached hydrogen (secondary N) is 1. The maximum Gasteiger partial charge on any atom is 0.374 e. The van der Waals surface area contributed by atoms with Crippen LogP contribution in [0.25, 0.3) is 0 Å². The SMILES string of the molecule is CC(OC(=O)c1ccco1)C(=O)c1ccc(NC(=O)C(C)(C)C)cc1. The Kier molecular flexibility index (Phi) is 5.41.